The predicted octanol–water partition coefficient (Wildman–Crippen LogP) is 8.84. The van der Waals surface area contributed by atoms with E-state index in [1.54, 1.807) is 0 Å². The summed E-state index contributed by atoms with van der Waals surface area (Å²) in [5.74, 6) is 0. The van der Waals surface area contributed by atoms with E-state index >= 15 is 0 Å². The van der Waals surface area contributed by atoms with E-state index in [9.17, 15) is 0 Å². The third-order valence-corrected chi connectivity index (χ3v) is 9.70. The summed E-state index contributed by atoms with van der Waals surface area (Å²) in [6.07, 6.45) is 2.25. The summed E-state index contributed by atoms with van der Waals surface area (Å²) in [7, 11) is -0.744. The van der Waals surface area contributed by atoms with Crippen LogP contribution in [0.2, 0.25) is 0 Å². The van der Waals surface area contributed by atoms with Crippen molar-refractivity contribution in [2.75, 3.05) is 0 Å². The standard InChI is InChI=1S/C36H29P/c1-3-26(2)35-31-22-12-10-20-29(31)30-21-11-13-23-32(30)36(35)33-24-14-15-25-34(33)37(27-16-6-4-7-17-27)28-18-8-5-9-19-28/h3-25H,1-2H3. The lowest BCUT2D eigenvalue weighted by atomic mass is 9.85. The van der Waals surface area contributed by atoms with Gasteiger partial charge in [0.1, 0.15) is 0 Å². The molecule has 0 N–H and O–H groups in total. The molecule has 0 aliphatic carbocycles. The van der Waals surface area contributed by atoms with Crippen molar-refractivity contribution in [2.45, 2.75) is 13.8 Å². The van der Waals surface area contributed by atoms with E-state index in [0.29, 0.717) is 0 Å². The van der Waals surface area contributed by atoms with Crippen molar-refractivity contribution in [3.63, 3.8) is 0 Å². The highest BCUT2D eigenvalue weighted by molar-refractivity contribution is 7.80. The average molecular weight is 493 g/mol. The zero-order valence-electron chi connectivity index (χ0n) is 21.2. The van der Waals surface area contributed by atoms with Gasteiger partial charge in [-0.25, -0.2) is 0 Å². The van der Waals surface area contributed by atoms with Crippen LogP contribution in [0.4, 0.5) is 0 Å². The summed E-state index contributed by atoms with van der Waals surface area (Å²) in [6.45, 7) is 4.40. The van der Waals surface area contributed by atoms with Crippen LogP contribution in [0.5, 0.6) is 0 Å². The van der Waals surface area contributed by atoms with Gasteiger partial charge in [-0.05, 0) is 81.5 Å². The first-order valence-corrected chi connectivity index (χ1v) is 14.2. The zero-order valence-corrected chi connectivity index (χ0v) is 22.1. The Kier molecular flexibility index (Phi) is 6.44. The molecule has 0 saturated carbocycles. The molecule has 178 valence electrons. The fourth-order valence-electron chi connectivity index (χ4n) is 5.44. The number of hydrogen-bond donors (Lipinski definition) is 0. The molecule has 6 aromatic rings. The fraction of sp³-hybridized carbons (Fsp3) is 0.0556. The van der Waals surface area contributed by atoms with Gasteiger partial charge in [0.2, 0.25) is 0 Å². The van der Waals surface area contributed by atoms with Crippen LogP contribution in [0, 0.1) is 0 Å². The average Bonchev–Trinajstić information content (AvgIpc) is 2.98. The highest BCUT2D eigenvalue weighted by atomic mass is 31.1. The molecule has 0 unspecified atom stereocenters. The maximum absolute atomic E-state index is 2.35. The molecule has 0 bridgehead atoms. The number of allylic oxidation sites excluding steroid dienone is 2. The van der Waals surface area contributed by atoms with Gasteiger partial charge in [-0.2, -0.15) is 0 Å². The number of rotatable bonds is 5. The second-order valence-corrected chi connectivity index (χ2v) is 11.5. The molecule has 37 heavy (non-hydrogen) atoms. The first-order valence-electron chi connectivity index (χ1n) is 12.8. The minimum Gasteiger partial charge on any atom is -0.0841 e. The van der Waals surface area contributed by atoms with Crippen LogP contribution in [0.3, 0.4) is 0 Å². The van der Waals surface area contributed by atoms with Gasteiger partial charge >= 0.3 is 0 Å². The van der Waals surface area contributed by atoms with Crippen molar-refractivity contribution < 1.29 is 0 Å². The molecule has 0 aromatic heterocycles. The molecule has 1 heteroatoms. The molecule has 0 heterocycles. The Morgan fingerprint density at radius 3 is 1.57 bits per heavy atom. The number of fused-ring (bicyclic) bond motifs is 3. The third kappa shape index (κ3) is 4.18. The third-order valence-electron chi connectivity index (χ3n) is 7.20. The summed E-state index contributed by atoms with van der Waals surface area (Å²) in [5.41, 5.74) is 5.29. The second kappa shape index (κ2) is 10.2. The van der Waals surface area contributed by atoms with Crippen molar-refractivity contribution in [3.8, 4) is 11.1 Å². The van der Waals surface area contributed by atoms with Crippen LogP contribution in [0.1, 0.15) is 19.4 Å². The number of hydrogen-bond acceptors (Lipinski definition) is 0. The highest BCUT2D eigenvalue weighted by Crippen LogP contribution is 2.45. The molecule has 0 nitrogen and oxygen atoms in total. The van der Waals surface area contributed by atoms with E-state index in [0.717, 1.165) is 0 Å². The van der Waals surface area contributed by atoms with E-state index in [1.165, 1.54) is 59.7 Å². The zero-order chi connectivity index (χ0) is 25.2. The van der Waals surface area contributed by atoms with Gasteiger partial charge in [-0.1, -0.05) is 140 Å². The van der Waals surface area contributed by atoms with Crippen molar-refractivity contribution in [2.24, 2.45) is 0 Å². The molecule has 6 aromatic carbocycles. The normalized spacial score (nSPS) is 11.9. The Morgan fingerprint density at radius 2 is 0.973 bits per heavy atom. The first-order chi connectivity index (χ1) is 18.3. The lowest BCUT2D eigenvalue weighted by molar-refractivity contribution is 1.58. The summed E-state index contributed by atoms with van der Waals surface area (Å²) in [6, 6.07) is 48.9. The van der Waals surface area contributed by atoms with Crippen LogP contribution < -0.4 is 15.9 Å². The summed E-state index contributed by atoms with van der Waals surface area (Å²) in [4.78, 5) is 0. The van der Waals surface area contributed by atoms with Gasteiger partial charge in [0.25, 0.3) is 0 Å². The Bertz CT molecular complexity index is 1690. The molecule has 0 spiro atoms. The van der Waals surface area contributed by atoms with Gasteiger partial charge in [0.05, 0.1) is 0 Å². The van der Waals surface area contributed by atoms with Crippen molar-refractivity contribution >= 4 is 51.0 Å². The maximum atomic E-state index is 2.35. The minimum absolute atomic E-state index is 0.744. The molecule has 0 aliphatic rings. The maximum Gasteiger partial charge on any atom is -0.00172 e. The SMILES string of the molecule is CC=C(C)c1c(-c2ccccc2P(c2ccccc2)c2ccccc2)c2ccccc2c2ccccc12. The molecular weight excluding hydrogens is 463 g/mol. The Hall–Kier alpha value is -3.99. The van der Waals surface area contributed by atoms with Crippen LogP contribution >= 0.6 is 7.92 Å². The Morgan fingerprint density at radius 1 is 0.514 bits per heavy atom. The van der Waals surface area contributed by atoms with Gasteiger partial charge in [0.15, 0.2) is 0 Å². The molecule has 0 saturated heterocycles. The molecular formula is C36H29P. The number of benzene rings is 6. The summed E-state index contributed by atoms with van der Waals surface area (Å²) in [5, 5.41) is 9.35. The van der Waals surface area contributed by atoms with E-state index in [-0.39, 0.29) is 0 Å². The quantitative estimate of drug-likeness (QED) is 0.167. The van der Waals surface area contributed by atoms with E-state index in [2.05, 4.69) is 153 Å². The monoisotopic (exact) mass is 492 g/mol. The van der Waals surface area contributed by atoms with Gasteiger partial charge in [-0.15, -0.1) is 0 Å². The topological polar surface area (TPSA) is 0 Å². The van der Waals surface area contributed by atoms with Crippen molar-refractivity contribution in [3.05, 3.63) is 145 Å². The van der Waals surface area contributed by atoms with Crippen LogP contribution in [0.15, 0.2) is 140 Å². The highest BCUT2D eigenvalue weighted by Gasteiger charge is 2.24. The molecule has 0 radical (unpaired) electrons. The largest absolute Gasteiger partial charge is 0.0841 e. The van der Waals surface area contributed by atoms with Gasteiger partial charge in [-0.3, -0.25) is 0 Å². The van der Waals surface area contributed by atoms with Crippen LogP contribution in [0.25, 0.3) is 38.2 Å². The summed E-state index contributed by atoms with van der Waals surface area (Å²) >= 11 is 0. The van der Waals surface area contributed by atoms with E-state index < -0.39 is 7.92 Å². The molecule has 0 amide bonds. The molecule has 0 atom stereocenters. The predicted molar refractivity (Wildman–Crippen MR) is 165 cm³/mol. The van der Waals surface area contributed by atoms with Crippen LogP contribution in [-0.2, 0) is 0 Å². The van der Waals surface area contributed by atoms with Crippen LogP contribution in [-0.4, -0.2) is 0 Å². The fourth-order valence-corrected chi connectivity index (χ4v) is 7.89. The van der Waals surface area contributed by atoms with Crippen molar-refractivity contribution in [1.82, 2.24) is 0 Å². The lowest BCUT2D eigenvalue weighted by Gasteiger charge is -2.25. The summed E-state index contributed by atoms with van der Waals surface area (Å²) < 4.78 is 0. The second-order valence-electron chi connectivity index (χ2n) is 9.34. The first kappa shape index (κ1) is 23.4. The molecule has 6 rings (SSSR count). The van der Waals surface area contributed by atoms with Gasteiger partial charge < -0.3 is 0 Å². The van der Waals surface area contributed by atoms with E-state index in [1.807, 2.05) is 0 Å². The van der Waals surface area contributed by atoms with E-state index in [4.69, 9.17) is 0 Å². The lowest BCUT2D eigenvalue weighted by Crippen LogP contribution is -2.22. The minimum atomic E-state index is -0.744. The molecule has 0 aliphatic heterocycles. The molecule has 0 fully saturated rings. The van der Waals surface area contributed by atoms with Gasteiger partial charge in [0, 0.05) is 0 Å². The van der Waals surface area contributed by atoms with Crippen molar-refractivity contribution in [1.29, 1.82) is 0 Å². The Labute approximate surface area is 220 Å². The smallest absolute Gasteiger partial charge is 0.00172 e. The Balaban J connectivity index is 1.76.